The van der Waals surface area contributed by atoms with Gasteiger partial charge in [-0.05, 0) is 32.1 Å². The summed E-state index contributed by atoms with van der Waals surface area (Å²) in [6.45, 7) is 4.08. The highest BCUT2D eigenvalue weighted by atomic mass is 16.5. The van der Waals surface area contributed by atoms with Crippen LogP contribution in [-0.2, 0) is 6.42 Å². The van der Waals surface area contributed by atoms with Gasteiger partial charge in [0.15, 0.2) is 0 Å². The van der Waals surface area contributed by atoms with Crippen LogP contribution in [0.4, 0.5) is 5.95 Å². The Labute approximate surface area is 126 Å². The second-order valence-electron chi connectivity index (χ2n) is 6.55. The van der Waals surface area contributed by atoms with Gasteiger partial charge in [0.1, 0.15) is 0 Å². The van der Waals surface area contributed by atoms with Gasteiger partial charge in [0.25, 0.3) is 5.95 Å². The third kappa shape index (κ3) is 3.37. The van der Waals surface area contributed by atoms with Crippen molar-refractivity contribution in [1.82, 2.24) is 20.4 Å². The van der Waals surface area contributed by atoms with Crippen molar-refractivity contribution in [3.05, 3.63) is 5.89 Å². The normalized spacial score (nSPS) is 23.4. The Bertz CT molecular complexity index is 447. The number of hydrogen-bond donors (Lipinski definition) is 1. The van der Waals surface area contributed by atoms with Crippen molar-refractivity contribution in [2.75, 3.05) is 45.2 Å². The molecule has 0 aromatic carbocycles. The minimum Gasteiger partial charge on any atom is -0.337 e. The molecular formula is C15H27N5O. The lowest BCUT2D eigenvalue weighted by Crippen LogP contribution is -2.46. The fourth-order valence-corrected chi connectivity index (χ4v) is 3.49. The van der Waals surface area contributed by atoms with Crippen molar-refractivity contribution in [2.45, 2.75) is 44.1 Å². The molecule has 2 fully saturated rings. The fourth-order valence-electron chi connectivity index (χ4n) is 3.49. The number of aromatic nitrogens is 2. The summed E-state index contributed by atoms with van der Waals surface area (Å²) in [4.78, 5) is 9.19. The molecule has 0 unspecified atom stereocenters. The molecular weight excluding hydrogens is 266 g/mol. The molecule has 0 bridgehead atoms. The van der Waals surface area contributed by atoms with Gasteiger partial charge in [0.05, 0.1) is 0 Å². The zero-order chi connectivity index (χ0) is 14.7. The molecule has 1 saturated carbocycles. The van der Waals surface area contributed by atoms with Crippen molar-refractivity contribution in [3.63, 3.8) is 0 Å². The molecule has 1 aliphatic carbocycles. The number of likely N-dealkylation sites (N-methyl/N-ethyl adjacent to an activating group) is 2. The molecule has 3 rings (SSSR count). The van der Waals surface area contributed by atoms with Crippen LogP contribution in [0, 0.1) is 0 Å². The first-order valence-electron chi connectivity index (χ1n) is 8.16. The van der Waals surface area contributed by atoms with Crippen LogP contribution in [0.3, 0.4) is 0 Å². The Hall–Kier alpha value is -1.14. The molecule has 1 N–H and O–H groups in total. The van der Waals surface area contributed by atoms with E-state index in [4.69, 9.17) is 4.52 Å². The predicted octanol–water partition coefficient (Wildman–Crippen LogP) is 1.29. The van der Waals surface area contributed by atoms with Gasteiger partial charge >= 0.3 is 0 Å². The average Bonchev–Trinajstić information content (AvgIpc) is 2.97. The summed E-state index contributed by atoms with van der Waals surface area (Å²) in [5.41, 5.74) is 0.157. The topological polar surface area (TPSA) is 57.4 Å². The summed E-state index contributed by atoms with van der Waals surface area (Å²) < 4.78 is 5.52. The summed E-state index contributed by atoms with van der Waals surface area (Å²) in [6.07, 6.45) is 7.19. The van der Waals surface area contributed by atoms with Gasteiger partial charge in [0.2, 0.25) is 5.89 Å². The molecule has 6 nitrogen and oxygen atoms in total. The van der Waals surface area contributed by atoms with Crippen LogP contribution < -0.4 is 10.2 Å². The van der Waals surface area contributed by atoms with E-state index in [-0.39, 0.29) is 5.54 Å². The maximum Gasteiger partial charge on any atom is 0.266 e. The van der Waals surface area contributed by atoms with Gasteiger partial charge in [-0.25, -0.2) is 0 Å². The van der Waals surface area contributed by atoms with Gasteiger partial charge in [-0.3, -0.25) is 0 Å². The zero-order valence-electron chi connectivity index (χ0n) is 13.3. The van der Waals surface area contributed by atoms with Gasteiger partial charge < -0.3 is 19.6 Å². The molecule has 1 aromatic rings. The molecule has 1 aromatic heterocycles. The van der Waals surface area contributed by atoms with Crippen LogP contribution in [-0.4, -0.2) is 60.9 Å². The van der Waals surface area contributed by atoms with Crippen molar-refractivity contribution in [2.24, 2.45) is 0 Å². The molecule has 6 heteroatoms. The minimum absolute atomic E-state index is 0.157. The van der Waals surface area contributed by atoms with Crippen LogP contribution in [0.1, 0.15) is 38.0 Å². The quantitative estimate of drug-likeness (QED) is 0.902. The zero-order valence-corrected chi connectivity index (χ0v) is 13.3. The number of nitrogens with one attached hydrogen (secondary N) is 1. The molecule has 0 radical (unpaired) electrons. The Morgan fingerprint density at radius 2 is 1.86 bits per heavy atom. The minimum atomic E-state index is 0.157. The third-order valence-electron chi connectivity index (χ3n) is 5.07. The molecule has 2 heterocycles. The highest BCUT2D eigenvalue weighted by Gasteiger charge is 2.33. The van der Waals surface area contributed by atoms with E-state index in [2.05, 4.69) is 39.4 Å². The molecule has 1 aliphatic heterocycles. The van der Waals surface area contributed by atoms with Crippen molar-refractivity contribution in [1.29, 1.82) is 0 Å². The van der Waals surface area contributed by atoms with Crippen LogP contribution in [0.5, 0.6) is 0 Å². The first-order chi connectivity index (χ1) is 10.2. The summed E-state index contributed by atoms with van der Waals surface area (Å²) >= 11 is 0. The van der Waals surface area contributed by atoms with Crippen molar-refractivity contribution >= 4 is 5.95 Å². The maximum atomic E-state index is 5.52. The second kappa shape index (κ2) is 6.32. The van der Waals surface area contributed by atoms with Crippen LogP contribution >= 0.6 is 0 Å². The SMILES string of the molecule is CNC1(Cc2nc(N3CCN(C)CC3)no2)CCCCC1. The lowest BCUT2D eigenvalue weighted by atomic mass is 9.79. The van der Waals surface area contributed by atoms with Crippen molar-refractivity contribution in [3.8, 4) is 0 Å². The first-order valence-corrected chi connectivity index (χ1v) is 8.16. The third-order valence-corrected chi connectivity index (χ3v) is 5.07. The predicted molar refractivity (Wildman–Crippen MR) is 82.6 cm³/mol. The lowest BCUT2D eigenvalue weighted by Gasteiger charge is -2.36. The Kier molecular flexibility index (Phi) is 4.45. The number of piperazine rings is 1. The Balaban J connectivity index is 1.64. The number of hydrogen-bond acceptors (Lipinski definition) is 6. The monoisotopic (exact) mass is 293 g/mol. The van der Waals surface area contributed by atoms with E-state index in [1.54, 1.807) is 0 Å². The second-order valence-corrected chi connectivity index (χ2v) is 6.55. The van der Waals surface area contributed by atoms with Gasteiger partial charge in [-0.2, -0.15) is 4.98 Å². The smallest absolute Gasteiger partial charge is 0.266 e. The van der Waals surface area contributed by atoms with E-state index in [1.807, 2.05) is 0 Å². The number of rotatable bonds is 4. The molecule has 0 atom stereocenters. The number of nitrogens with zero attached hydrogens (tertiary/aromatic N) is 4. The molecule has 21 heavy (non-hydrogen) atoms. The van der Waals surface area contributed by atoms with Crippen LogP contribution in [0.2, 0.25) is 0 Å². The van der Waals surface area contributed by atoms with Gasteiger partial charge in [-0.15, -0.1) is 0 Å². The lowest BCUT2D eigenvalue weighted by molar-refractivity contribution is 0.221. The van der Waals surface area contributed by atoms with E-state index in [1.165, 1.54) is 32.1 Å². The highest BCUT2D eigenvalue weighted by Crippen LogP contribution is 2.31. The molecule has 2 aliphatic rings. The van der Waals surface area contributed by atoms with Gasteiger partial charge in [-0.1, -0.05) is 19.3 Å². The summed E-state index contributed by atoms with van der Waals surface area (Å²) in [6, 6.07) is 0. The Morgan fingerprint density at radius 3 is 2.52 bits per heavy atom. The van der Waals surface area contributed by atoms with Crippen LogP contribution in [0.15, 0.2) is 4.52 Å². The van der Waals surface area contributed by atoms with E-state index in [0.717, 1.165) is 44.4 Å². The number of anilines is 1. The molecule has 1 saturated heterocycles. The summed E-state index contributed by atoms with van der Waals surface area (Å²) in [7, 11) is 4.21. The fraction of sp³-hybridized carbons (Fsp3) is 0.867. The van der Waals surface area contributed by atoms with E-state index < -0.39 is 0 Å². The van der Waals surface area contributed by atoms with Crippen molar-refractivity contribution < 1.29 is 4.52 Å². The largest absolute Gasteiger partial charge is 0.337 e. The van der Waals surface area contributed by atoms with E-state index in [9.17, 15) is 0 Å². The van der Waals surface area contributed by atoms with E-state index >= 15 is 0 Å². The first kappa shape index (κ1) is 14.8. The standard InChI is InChI=1S/C15H27N5O/c1-16-15(6-4-3-5-7-15)12-13-17-14(18-21-13)20-10-8-19(2)9-11-20/h16H,3-12H2,1-2H3. The Morgan fingerprint density at radius 1 is 1.14 bits per heavy atom. The summed E-state index contributed by atoms with van der Waals surface area (Å²) in [5, 5.41) is 7.70. The average molecular weight is 293 g/mol. The maximum absolute atomic E-state index is 5.52. The van der Waals surface area contributed by atoms with E-state index in [0.29, 0.717) is 0 Å². The summed E-state index contributed by atoms with van der Waals surface area (Å²) in [5.74, 6) is 1.54. The molecule has 0 spiro atoms. The highest BCUT2D eigenvalue weighted by molar-refractivity contribution is 5.28. The van der Waals surface area contributed by atoms with Crippen LogP contribution in [0.25, 0.3) is 0 Å². The molecule has 118 valence electrons. The molecule has 0 amide bonds. The van der Waals surface area contributed by atoms with Gasteiger partial charge in [0, 0.05) is 38.1 Å².